The third-order valence-corrected chi connectivity index (χ3v) is 2.97. The Kier molecular flexibility index (Phi) is 2.17. The fourth-order valence-electron chi connectivity index (χ4n) is 2.02. The van der Waals surface area contributed by atoms with Gasteiger partial charge in [0, 0.05) is 11.2 Å². The van der Waals surface area contributed by atoms with Crippen molar-refractivity contribution < 1.29 is 0 Å². The van der Waals surface area contributed by atoms with Crippen LogP contribution >= 0.6 is 9.24 Å². The first kappa shape index (κ1) is 9.18. The Morgan fingerprint density at radius 3 is 2.92 bits per heavy atom. The molecule has 0 amide bonds. The zero-order valence-electron chi connectivity index (χ0n) is 7.96. The van der Waals surface area contributed by atoms with E-state index in [4.69, 9.17) is 5.73 Å². The summed E-state index contributed by atoms with van der Waals surface area (Å²) in [6, 6.07) is 0.338. The van der Waals surface area contributed by atoms with Crippen LogP contribution in [0.4, 0.5) is 0 Å². The molecule has 0 bridgehead atoms. The Morgan fingerprint density at radius 1 is 1.46 bits per heavy atom. The summed E-state index contributed by atoms with van der Waals surface area (Å²) in [4.78, 5) is 0. The lowest BCUT2D eigenvalue weighted by Crippen LogP contribution is -2.14. The Labute approximate surface area is 82.0 Å². The van der Waals surface area contributed by atoms with Gasteiger partial charge in [-0.1, -0.05) is 24.3 Å². The van der Waals surface area contributed by atoms with Gasteiger partial charge in [-0.2, -0.15) is 0 Å². The molecule has 0 aromatic rings. The molecule has 0 heterocycles. The SMILES string of the molecule is CC1(P)C=CC=C2CC(N)CC2=C1. The predicted molar refractivity (Wildman–Crippen MR) is 60.6 cm³/mol. The van der Waals surface area contributed by atoms with Gasteiger partial charge in [-0.15, -0.1) is 9.24 Å². The molecule has 1 fully saturated rings. The molecule has 0 saturated heterocycles. The van der Waals surface area contributed by atoms with Crippen molar-refractivity contribution in [3.8, 4) is 0 Å². The molecule has 3 unspecified atom stereocenters. The smallest absolute Gasteiger partial charge is 0.0185 e. The average molecular weight is 193 g/mol. The van der Waals surface area contributed by atoms with Crippen molar-refractivity contribution in [2.75, 3.05) is 0 Å². The van der Waals surface area contributed by atoms with Crippen molar-refractivity contribution in [2.45, 2.75) is 31.0 Å². The van der Waals surface area contributed by atoms with Gasteiger partial charge < -0.3 is 5.73 Å². The first-order valence-electron chi connectivity index (χ1n) is 4.72. The molecule has 2 heteroatoms. The molecule has 13 heavy (non-hydrogen) atoms. The van der Waals surface area contributed by atoms with Gasteiger partial charge in [0.2, 0.25) is 0 Å². The zero-order valence-corrected chi connectivity index (χ0v) is 9.11. The van der Waals surface area contributed by atoms with Gasteiger partial charge in [0.15, 0.2) is 0 Å². The van der Waals surface area contributed by atoms with Crippen LogP contribution < -0.4 is 5.73 Å². The zero-order chi connectivity index (χ0) is 9.47. The summed E-state index contributed by atoms with van der Waals surface area (Å²) in [6.45, 7) is 2.20. The number of hydrogen-bond acceptors (Lipinski definition) is 1. The first-order chi connectivity index (χ1) is 6.07. The van der Waals surface area contributed by atoms with E-state index >= 15 is 0 Å². The number of allylic oxidation sites excluding steroid dienone is 4. The molecular weight excluding hydrogens is 177 g/mol. The van der Waals surface area contributed by atoms with E-state index in [0.717, 1.165) is 12.8 Å². The second kappa shape index (κ2) is 3.08. The van der Waals surface area contributed by atoms with Gasteiger partial charge in [-0.25, -0.2) is 0 Å². The maximum absolute atomic E-state index is 5.92. The van der Waals surface area contributed by atoms with E-state index < -0.39 is 0 Å². The van der Waals surface area contributed by atoms with Crippen molar-refractivity contribution >= 4 is 9.24 Å². The van der Waals surface area contributed by atoms with Gasteiger partial charge >= 0.3 is 0 Å². The third kappa shape index (κ3) is 1.92. The molecule has 0 radical (unpaired) electrons. The molecule has 0 aromatic carbocycles. The number of nitrogens with two attached hydrogens (primary N) is 1. The lowest BCUT2D eigenvalue weighted by molar-refractivity contribution is 0.733. The van der Waals surface area contributed by atoms with E-state index in [1.54, 1.807) is 0 Å². The van der Waals surface area contributed by atoms with Gasteiger partial charge in [-0.05, 0) is 30.9 Å². The minimum atomic E-state index is 0.109. The molecule has 2 aliphatic rings. The van der Waals surface area contributed by atoms with Crippen LogP contribution in [0.3, 0.4) is 0 Å². The monoisotopic (exact) mass is 193 g/mol. The van der Waals surface area contributed by atoms with Crippen LogP contribution in [0.1, 0.15) is 19.8 Å². The van der Waals surface area contributed by atoms with Crippen LogP contribution in [0.15, 0.2) is 35.5 Å². The van der Waals surface area contributed by atoms with E-state index in [-0.39, 0.29) is 5.16 Å². The van der Waals surface area contributed by atoms with Gasteiger partial charge in [0.25, 0.3) is 0 Å². The highest BCUT2D eigenvalue weighted by atomic mass is 31.0. The fourth-order valence-corrected chi connectivity index (χ4v) is 2.33. The molecule has 0 aromatic heterocycles. The second-order valence-electron chi connectivity index (χ2n) is 4.25. The van der Waals surface area contributed by atoms with Crippen LogP contribution in [-0.2, 0) is 0 Å². The van der Waals surface area contributed by atoms with Crippen molar-refractivity contribution in [2.24, 2.45) is 5.73 Å². The minimum Gasteiger partial charge on any atom is -0.327 e. The standard InChI is InChI=1S/C11H16NP/c1-11(13)4-2-3-8-5-10(12)6-9(8)7-11/h2-4,7,10H,5-6,12-13H2,1H3. The van der Waals surface area contributed by atoms with Crippen molar-refractivity contribution in [3.05, 3.63) is 35.5 Å². The highest BCUT2D eigenvalue weighted by molar-refractivity contribution is 7.19. The number of rotatable bonds is 0. The van der Waals surface area contributed by atoms with E-state index in [1.807, 2.05) is 0 Å². The number of fused-ring (bicyclic) bond motifs is 1. The lowest BCUT2D eigenvalue weighted by Gasteiger charge is -2.14. The third-order valence-electron chi connectivity index (χ3n) is 2.61. The molecule has 2 N–H and O–H groups in total. The van der Waals surface area contributed by atoms with E-state index in [2.05, 4.69) is 40.5 Å². The van der Waals surface area contributed by atoms with Crippen molar-refractivity contribution in [1.82, 2.24) is 0 Å². The van der Waals surface area contributed by atoms with E-state index in [0.29, 0.717) is 6.04 Å². The van der Waals surface area contributed by atoms with Crippen LogP contribution in [0.2, 0.25) is 0 Å². The molecule has 1 nitrogen and oxygen atoms in total. The Bertz CT molecular complexity index is 310. The van der Waals surface area contributed by atoms with Crippen molar-refractivity contribution in [1.29, 1.82) is 0 Å². The van der Waals surface area contributed by atoms with Gasteiger partial charge in [0.05, 0.1) is 0 Å². The summed E-state index contributed by atoms with van der Waals surface area (Å²) >= 11 is 0. The molecule has 2 aliphatic carbocycles. The van der Waals surface area contributed by atoms with Crippen molar-refractivity contribution in [3.63, 3.8) is 0 Å². The van der Waals surface area contributed by atoms with Gasteiger partial charge in [0.1, 0.15) is 0 Å². The summed E-state index contributed by atoms with van der Waals surface area (Å²) in [5.74, 6) is 0. The summed E-state index contributed by atoms with van der Waals surface area (Å²) in [5.41, 5.74) is 8.79. The summed E-state index contributed by atoms with van der Waals surface area (Å²) in [7, 11) is 2.87. The Morgan fingerprint density at radius 2 is 2.15 bits per heavy atom. The molecule has 3 atom stereocenters. The normalized spacial score (nSPS) is 37.9. The minimum absolute atomic E-state index is 0.109. The highest BCUT2D eigenvalue weighted by Crippen LogP contribution is 2.36. The van der Waals surface area contributed by atoms with Crippen LogP contribution in [0.5, 0.6) is 0 Å². The van der Waals surface area contributed by atoms with Gasteiger partial charge in [-0.3, -0.25) is 0 Å². The molecule has 2 rings (SSSR count). The summed E-state index contributed by atoms with van der Waals surface area (Å²) < 4.78 is 0. The summed E-state index contributed by atoms with van der Waals surface area (Å²) in [5, 5.41) is 0.109. The Hall–Kier alpha value is -0.390. The number of hydrogen-bond donors (Lipinski definition) is 1. The highest BCUT2D eigenvalue weighted by Gasteiger charge is 2.24. The van der Waals surface area contributed by atoms with Crippen LogP contribution in [0, 0.1) is 0 Å². The molecule has 70 valence electrons. The second-order valence-corrected chi connectivity index (χ2v) is 5.50. The predicted octanol–water partition coefficient (Wildman–Crippen LogP) is 2.16. The lowest BCUT2D eigenvalue weighted by atomic mass is 10.1. The fraction of sp³-hybridized carbons (Fsp3) is 0.455. The quantitative estimate of drug-likeness (QED) is 0.586. The maximum Gasteiger partial charge on any atom is 0.0185 e. The summed E-state index contributed by atoms with van der Waals surface area (Å²) in [6.07, 6.45) is 11.0. The molecule has 0 aliphatic heterocycles. The molecular formula is C11H16NP. The Balaban J connectivity index is 2.37. The van der Waals surface area contributed by atoms with Crippen LogP contribution in [0.25, 0.3) is 0 Å². The average Bonchev–Trinajstić information content (AvgIpc) is 2.23. The van der Waals surface area contributed by atoms with Crippen LogP contribution in [-0.4, -0.2) is 11.2 Å². The largest absolute Gasteiger partial charge is 0.327 e. The van der Waals surface area contributed by atoms with E-state index in [9.17, 15) is 0 Å². The topological polar surface area (TPSA) is 26.0 Å². The maximum atomic E-state index is 5.92. The molecule has 1 saturated carbocycles. The van der Waals surface area contributed by atoms with E-state index in [1.165, 1.54) is 11.1 Å². The molecule has 0 spiro atoms. The first-order valence-corrected chi connectivity index (χ1v) is 5.29.